The van der Waals surface area contributed by atoms with Gasteiger partial charge in [0.1, 0.15) is 0 Å². The van der Waals surface area contributed by atoms with Crippen molar-refractivity contribution in [2.45, 2.75) is 19.4 Å². The molecule has 1 aliphatic rings. The molecular weight excluding hydrogens is 162 g/mol. The lowest BCUT2D eigenvalue weighted by Crippen LogP contribution is -2.48. The van der Waals surface area contributed by atoms with E-state index in [4.69, 9.17) is 0 Å². The summed E-state index contributed by atoms with van der Waals surface area (Å²) in [7, 11) is -0.748. The van der Waals surface area contributed by atoms with Gasteiger partial charge >= 0.3 is 0 Å². The Morgan fingerprint density at radius 1 is 1.55 bits per heavy atom. The van der Waals surface area contributed by atoms with E-state index >= 15 is 0 Å². The van der Waals surface area contributed by atoms with Crippen molar-refractivity contribution in [1.29, 1.82) is 0 Å². The molecule has 0 aliphatic carbocycles. The lowest BCUT2D eigenvalue weighted by Gasteiger charge is -2.32. The Kier molecular flexibility index (Phi) is 2.54. The number of hydrogen-bond acceptors (Lipinski definition) is 3. The molecule has 1 rings (SSSR count). The van der Waals surface area contributed by atoms with Crippen LogP contribution in [-0.2, 0) is 9.84 Å². The second-order valence-corrected chi connectivity index (χ2v) is 5.29. The van der Waals surface area contributed by atoms with Crippen LogP contribution in [0.15, 0.2) is 0 Å². The highest BCUT2D eigenvalue weighted by molar-refractivity contribution is 7.92. The standard InChI is InChI=1S/C7H15NO2S/c1-3-7(8-2)6-4-11(9,10)5-6/h6-8H,3-5H2,1-2H3. The normalized spacial score (nSPS) is 26.0. The zero-order chi connectivity index (χ0) is 8.48. The largest absolute Gasteiger partial charge is 0.317 e. The van der Waals surface area contributed by atoms with Crippen LogP contribution in [-0.4, -0.2) is 33.0 Å². The lowest BCUT2D eigenvalue weighted by molar-refractivity contribution is 0.389. The summed E-state index contributed by atoms with van der Waals surface area (Å²) in [6.07, 6.45) is 1.01. The minimum atomic E-state index is -2.64. The zero-order valence-corrected chi connectivity index (χ0v) is 7.82. The van der Waals surface area contributed by atoms with E-state index < -0.39 is 9.84 Å². The topological polar surface area (TPSA) is 46.2 Å². The van der Waals surface area contributed by atoms with Crippen molar-refractivity contribution < 1.29 is 8.42 Å². The smallest absolute Gasteiger partial charge is 0.151 e. The highest BCUT2D eigenvalue weighted by Gasteiger charge is 2.37. The second kappa shape index (κ2) is 3.11. The average Bonchev–Trinajstić information content (AvgIpc) is 1.86. The highest BCUT2D eigenvalue weighted by atomic mass is 32.2. The molecule has 0 saturated carbocycles. The van der Waals surface area contributed by atoms with Crippen molar-refractivity contribution in [2.75, 3.05) is 18.6 Å². The molecule has 11 heavy (non-hydrogen) atoms. The molecule has 1 heterocycles. The van der Waals surface area contributed by atoms with Gasteiger partial charge in [-0.25, -0.2) is 8.42 Å². The molecule has 1 atom stereocenters. The second-order valence-electron chi connectivity index (χ2n) is 3.14. The van der Waals surface area contributed by atoms with Crippen LogP contribution in [0.5, 0.6) is 0 Å². The molecule has 0 radical (unpaired) electrons. The van der Waals surface area contributed by atoms with Gasteiger partial charge in [0.05, 0.1) is 11.5 Å². The first-order chi connectivity index (χ1) is 5.09. The van der Waals surface area contributed by atoms with Crippen molar-refractivity contribution in [3.8, 4) is 0 Å². The minimum Gasteiger partial charge on any atom is -0.317 e. The molecular formula is C7H15NO2S. The molecule has 1 fully saturated rings. The summed E-state index contributed by atoms with van der Waals surface area (Å²) in [5.41, 5.74) is 0. The van der Waals surface area contributed by atoms with Gasteiger partial charge in [0.25, 0.3) is 0 Å². The molecule has 0 aromatic heterocycles. The quantitative estimate of drug-likeness (QED) is 0.661. The molecule has 0 aromatic rings. The van der Waals surface area contributed by atoms with Crippen LogP contribution in [0, 0.1) is 5.92 Å². The Balaban J connectivity index is 2.42. The van der Waals surface area contributed by atoms with Gasteiger partial charge in [0.15, 0.2) is 9.84 Å². The van der Waals surface area contributed by atoms with E-state index in [1.165, 1.54) is 0 Å². The molecule has 3 nitrogen and oxygen atoms in total. The first kappa shape index (κ1) is 9.00. The monoisotopic (exact) mass is 177 g/mol. The third-order valence-electron chi connectivity index (χ3n) is 2.32. The number of nitrogens with one attached hydrogen (secondary N) is 1. The SMILES string of the molecule is CCC(NC)C1CS(=O)(=O)C1. The van der Waals surface area contributed by atoms with Gasteiger partial charge in [0, 0.05) is 12.0 Å². The maximum atomic E-state index is 10.8. The number of rotatable bonds is 3. The minimum absolute atomic E-state index is 0.356. The van der Waals surface area contributed by atoms with Crippen molar-refractivity contribution in [3.63, 3.8) is 0 Å². The third-order valence-corrected chi connectivity index (χ3v) is 4.19. The molecule has 0 spiro atoms. The Morgan fingerprint density at radius 2 is 2.09 bits per heavy atom. The fourth-order valence-corrected chi connectivity index (χ4v) is 3.28. The summed E-state index contributed by atoms with van der Waals surface area (Å²) in [4.78, 5) is 0. The molecule has 1 unspecified atom stereocenters. The van der Waals surface area contributed by atoms with Crippen LogP contribution < -0.4 is 5.32 Å². The molecule has 1 N–H and O–H groups in total. The van der Waals surface area contributed by atoms with Crippen molar-refractivity contribution in [2.24, 2.45) is 5.92 Å². The summed E-state index contributed by atoms with van der Waals surface area (Å²) in [5, 5.41) is 3.13. The predicted octanol–water partition coefficient (Wildman–Crippen LogP) is 0.0290. The summed E-state index contributed by atoms with van der Waals surface area (Å²) in [5.74, 6) is 1.12. The van der Waals surface area contributed by atoms with E-state index in [0.29, 0.717) is 23.5 Å². The molecule has 0 bridgehead atoms. The summed E-state index contributed by atoms with van der Waals surface area (Å²) in [6.45, 7) is 2.08. The van der Waals surface area contributed by atoms with Crippen molar-refractivity contribution in [3.05, 3.63) is 0 Å². The Labute approximate surface area is 68.1 Å². The van der Waals surface area contributed by atoms with Gasteiger partial charge in [-0.05, 0) is 13.5 Å². The molecule has 1 saturated heterocycles. The van der Waals surface area contributed by atoms with Crippen molar-refractivity contribution >= 4 is 9.84 Å². The Morgan fingerprint density at radius 3 is 2.36 bits per heavy atom. The maximum Gasteiger partial charge on any atom is 0.151 e. The van der Waals surface area contributed by atoms with Gasteiger partial charge in [0.2, 0.25) is 0 Å². The van der Waals surface area contributed by atoms with Gasteiger partial charge in [-0.3, -0.25) is 0 Å². The lowest BCUT2D eigenvalue weighted by atomic mass is 10.0. The number of sulfone groups is 1. The molecule has 1 aliphatic heterocycles. The van der Waals surface area contributed by atoms with Crippen LogP contribution in [0.1, 0.15) is 13.3 Å². The Hall–Kier alpha value is -0.0900. The molecule has 4 heteroatoms. The maximum absolute atomic E-state index is 10.8. The molecule has 66 valence electrons. The van der Waals surface area contributed by atoms with E-state index in [1.54, 1.807) is 0 Å². The zero-order valence-electron chi connectivity index (χ0n) is 7.00. The van der Waals surface area contributed by atoms with E-state index in [0.717, 1.165) is 6.42 Å². The van der Waals surface area contributed by atoms with E-state index in [9.17, 15) is 8.42 Å². The van der Waals surface area contributed by atoms with Crippen LogP contribution in [0.4, 0.5) is 0 Å². The van der Waals surface area contributed by atoms with Crippen LogP contribution >= 0.6 is 0 Å². The predicted molar refractivity (Wildman–Crippen MR) is 45.3 cm³/mol. The van der Waals surface area contributed by atoms with Crippen LogP contribution in [0.25, 0.3) is 0 Å². The summed E-state index contributed by atoms with van der Waals surface area (Å²) < 4.78 is 21.6. The first-order valence-corrected chi connectivity index (χ1v) is 5.79. The van der Waals surface area contributed by atoms with Crippen LogP contribution in [0.3, 0.4) is 0 Å². The van der Waals surface area contributed by atoms with Crippen molar-refractivity contribution in [1.82, 2.24) is 5.32 Å². The Bertz CT molecular complexity index is 207. The van der Waals surface area contributed by atoms with Gasteiger partial charge in [-0.1, -0.05) is 6.92 Å². The molecule has 0 amide bonds. The summed E-state index contributed by atoms with van der Waals surface area (Å²) in [6, 6.07) is 0.388. The average molecular weight is 177 g/mol. The molecule has 0 aromatic carbocycles. The van der Waals surface area contributed by atoms with Crippen LogP contribution in [0.2, 0.25) is 0 Å². The third kappa shape index (κ3) is 1.93. The van der Waals surface area contributed by atoms with E-state index in [2.05, 4.69) is 12.2 Å². The number of hydrogen-bond donors (Lipinski definition) is 1. The van der Waals surface area contributed by atoms with E-state index in [1.807, 2.05) is 7.05 Å². The fraction of sp³-hybridized carbons (Fsp3) is 1.00. The van der Waals surface area contributed by atoms with Gasteiger partial charge in [-0.2, -0.15) is 0 Å². The summed E-state index contributed by atoms with van der Waals surface area (Å²) >= 11 is 0. The fourth-order valence-electron chi connectivity index (χ4n) is 1.61. The van der Waals surface area contributed by atoms with Gasteiger partial charge in [-0.15, -0.1) is 0 Å². The highest BCUT2D eigenvalue weighted by Crippen LogP contribution is 2.22. The van der Waals surface area contributed by atoms with E-state index in [-0.39, 0.29) is 0 Å². The van der Waals surface area contributed by atoms with Gasteiger partial charge < -0.3 is 5.32 Å². The first-order valence-electron chi connectivity index (χ1n) is 3.96.